The van der Waals surface area contributed by atoms with Crippen molar-refractivity contribution in [3.63, 3.8) is 0 Å². The second kappa shape index (κ2) is 4.58. The Morgan fingerprint density at radius 3 is 2.81 bits per heavy atom. The lowest BCUT2D eigenvalue weighted by molar-refractivity contribution is -0.120. The molecule has 0 radical (unpaired) electrons. The van der Waals surface area contributed by atoms with E-state index in [1.807, 2.05) is 0 Å². The van der Waals surface area contributed by atoms with Gasteiger partial charge in [-0.15, -0.1) is 0 Å². The van der Waals surface area contributed by atoms with E-state index in [9.17, 15) is 4.79 Å². The van der Waals surface area contributed by atoms with E-state index in [1.165, 1.54) is 11.3 Å². The van der Waals surface area contributed by atoms with Gasteiger partial charge in [0.15, 0.2) is 0 Å². The number of anilines is 1. The first-order valence-electron chi connectivity index (χ1n) is 5.62. The summed E-state index contributed by atoms with van der Waals surface area (Å²) < 4.78 is 1.13. The minimum atomic E-state index is 0.316. The minimum Gasteiger partial charge on any atom is -0.368 e. The van der Waals surface area contributed by atoms with Gasteiger partial charge in [-0.2, -0.15) is 0 Å². The normalized spacial score (nSPS) is 21.3. The van der Waals surface area contributed by atoms with E-state index in [2.05, 4.69) is 52.9 Å². The molecule has 0 amide bonds. The number of piperidine rings is 1. The molecule has 0 spiro atoms. The molecule has 1 aliphatic heterocycles. The van der Waals surface area contributed by atoms with Crippen LogP contribution in [0.4, 0.5) is 5.69 Å². The molecular formula is C13H16BrNO. The first-order chi connectivity index (χ1) is 7.58. The molecular weight excluding hydrogens is 266 g/mol. The average Bonchev–Trinajstić information content (AvgIpc) is 2.22. The number of carbonyl (C=O) groups is 1. The van der Waals surface area contributed by atoms with Crippen molar-refractivity contribution in [3.8, 4) is 0 Å². The maximum absolute atomic E-state index is 11.3. The van der Waals surface area contributed by atoms with Crippen molar-refractivity contribution in [2.45, 2.75) is 32.7 Å². The molecule has 2 rings (SSSR count). The summed E-state index contributed by atoms with van der Waals surface area (Å²) in [5, 5.41) is 0. The fraction of sp³-hybridized carbons (Fsp3) is 0.462. The molecule has 1 aromatic rings. The van der Waals surface area contributed by atoms with Gasteiger partial charge < -0.3 is 4.90 Å². The zero-order chi connectivity index (χ0) is 11.7. The Hall–Kier alpha value is -0.830. The number of carbonyl (C=O) groups excluding carboxylic acids is 1. The highest BCUT2D eigenvalue weighted by atomic mass is 79.9. The SMILES string of the molecule is Cc1ccc(N2CCC(=O)CC2C)cc1Br. The monoisotopic (exact) mass is 281 g/mol. The molecule has 1 atom stereocenters. The van der Waals surface area contributed by atoms with E-state index >= 15 is 0 Å². The number of hydrogen-bond acceptors (Lipinski definition) is 2. The Kier molecular flexibility index (Phi) is 3.33. The largest absolute Gasteiger partial charge is 0.368 e. The van der Waals surface area contributed by atoms with Gasteiger partial charge >= 0.3 is 0 Å². The van der Waals surface area contributed by atoms with Crippen molar-refractivity contribution >= 4 is 27.4 Å². The lowest BCUT2D eigenvalue weighted by Crippen LogP contribution is -2.41. The van der Waals surface area contributed by atoms with Gasteiger partial charge in [-0.05, 0) is 31.5 Å². The second-order valence-electron chi connectivity index (χ2n) is 4.47. The van der Waals surface area contributed by atoms with Crippen LogP contribution in [0, 0.1) is 6.92 Å². The average molecular weight is 282 g/mol. The van der Waals surface area contributed by atoms with Crippen molar-refractivity contribution in [1.82, 2.24) is 0 Å². The molecule has 1 saturated heterocycles. The summed E-state index contributed by atoms with van der Waals surface area (Å²) in [6.07, 6.45) is 1.35. The summed E-state index contributed by atoms with van der Waals surface area (Å²) in [7, 11) is 0. The first kappa shape index (κ1) is 11.6. The zero-order valence-electron chi connectivity index (χ0n) is 9.66. The lowest BCUT2D eigenvalue weighted by atomic mass is 10.0. The van der Waals surface area contributed by atoms with Crippen LogP contribution in [0.3, 0.4) is 0 Å². The molecule has 1 aromatic carbocycles. The van der Waals surface area contributed by atoms with Gasteiger partial charge in [-0.3, -0.25) is 4.79 Å². The summed E-state index contributed by atoms with van der Waals surface area (Å²) >= 11 is 3.55. The highest BCUT2D eigenvalue weighted by Gasteiger charge is 2.23. The number of halogens is 1. The van der Waals surface area contributed by atoms with Gasteiger partial charge in [0, 0.05) is 35.6 Å². The molecule has 1 fully saturated rings. The molecule has 1 heterocycles. The first-order valence-corrected chi connectivity index (χ1v) is 6.41. The highest BCUT2D eigenvalue weighted by Crippen LogP contribution is 2.27. The molecule has 0 N–H and O–H groups in total. The molecule has 0 aliphatic carbocycles. The van der Waals surface area contributed by atoms with E-state index in [-0.39, 0.29) is 0 Å². The van der Waals surface area contributed by atoms with Gasteiger partial charge in [0.1, 0.15) is 5.78 Å². The molecule has 0 aromatic heterocycles. The predicted molar refractivity (Wildman–Crippen MR) is 69.9 cm³/mol. The van der Waals surface area contributed by atoms with E-state index in [4.69, 9.17) is 0 Å². The van der Waals surface area contributed by atoms with Crippen LogP contribution in [0.2, 0.25) is 0 Å². The second-order valence-corrected chi connectivity index (χ2v) is 5.32. The van der Waals surface area contributed by atoms with Crippen molar-refractivity contribution in [2.75, 3.05) is 11.4 Å². The number of benzene rings is 1. The molecule has 86 valence electrons. The van der Waals surface area contributed by atoms with E-state index in [0.29, 0.717) is 24.7 Å². The Morgan fingerprint density at radius 1 is 1.44 bits per heavy atom. The van der Waals surface area contributed by atoms with Crippen LogP contribution in [-0.4, -0.2) is 18.4 Å². The Morgan fingerprint density at radius 2 is 2.19 bits per heavy atom. The summed E-state index contributed by atoms with van der Waals surface area (Å²) in [4.78, 5) is 13.6. The highest BCUT2D eigenvalue weighted by molar-refractivity contribution is 9.10. The van der Waals surface area contributed by atoms with Crippen LogP contribution >= 0.6 is 15.9 Å². The van der Waals surface area contributed by atoms with Gasteiger partial charge in [0.2, 0.25) is 0 Å². The number of Topliss-reactive ketones (excluding diaryl/α,β-unsaturated/α-hetero) is 1. The smallest absolute Gasteiger partial charge is 0.136 e. The van der Waals surface area contributed by atoms with E-state index in [1.54, 1.807) is 0 Å². The van der Waals surface area contributed by atoms with Crippen molar-refractivity contribution in [1.29, 1.82) is 0 Å². The van der Waals surface area contributed by atoms with Crippen LogP contribution in [-0.2, 0) is 4.79 Å². The number of nitrogens with zero attached hydrogens (tertiary/aromatic N) is 1. The standard InChI is InChI=1S/C13H16BrNO/c1-9-3-4-11(8-13(9)14)15-6-5-12(16)7-10(15)2/h3-4,8,10H,5-7H2,1-2H3. The molecule has 3 heteroatoms. The summed E-state index contributed by atoms with van der Waals surface area (Å²) in [6.45, 7) is 5.04. The molecule has 0 saturated carbocycles. The molecule has 1 unspecified atom stereocenters. The number of rotatable bonds is 1. The fourth-order valence-electron chi connectivity index (χ4n) is 2.15. The molecule has 16 heavy (non-hydrogen) atoms. The summed E-state index contributed by atoms with van der Waals surface area (Å²) in [6, 6.07) is 6.70. The van der Waals surface area contributed by atoms with Crippen molar-refractivity contribution in [2.24, 2.45) is 0 Å². The quantitative estimate of drug-likeness (QED) is 0.787. The number of hydrogen-bond donors (Lipinski definition) is 0. The van der Waals surface area contributed by atoms with Crippen molar-refractivity contribution < 1.29 is 4.79 Å². The Bertz CT molecular complexity index is 416. The Labute approximate surface area is 105 Å². The van der Waals surface area contributed by atoms with Gasteiger partial charge in [-0.25, -0.2) is 0 Å². The lowest BCUT2D eigenvalue weighted by Gasteiger charge is -2.34. The summed E-state index contributed by atoms with van der Waals surface area (Å²) in [5.74, 6) is 0.384. The predicted octanol–water partition coefficient (Wildman–Crippen LogP) is 3.32. The van der Waals surface area contributed by atoms with Crippen LogP contribution in [0.15, 0.2) is 22.7 Å². The number of ketones is 1. The van der Waals surface area contributed by atoms with Crippen LogP contribution in [0.25, 0.3) is 0 Å². The summed E-state index contributed by atoms with van der Waals surface area (Å²) in [5.41, 5.74) is 2.45. The van der Waals surface area contributed by atoms with Crippen LogP contribution in [0.1, 0.15) is 25.3 Å². The third-order valence-corrected chi connectivity index (χ3v) is 4.03. The topological polar surface area (TPSA) is 20.3 Å². The molecule has 1 aliphatic rings. The third-order valence-electron chi connectivity index (χ3n) is 3.17. The molecule has 2 nitrogen and oxygen atoms in total. The maximum atomic E-state index is 11.3. The van der Waals surface area contributed by atoms with E-state index < -0.39 is 0 Å². The van der Waals surface area contributed by atoms with Crippen LogP contribution in [0.5, 0.6) is 0 Å². The Balaban J connectivity index is 2.23. The van der Waals surface area contributed by atoms with Gasteiger partial charge in [0.25, 0.3) is 0 Å². The minimum absolute atomic E-state index is 0.316. The van der Waals surface area contributed by atoms with Gasteiger partial charge in [0.05, 0.1) is 0 Å². The number of aryl methyl sites for hydroxylation is 1. The van der Waals surface area contributed by atoms with Crippen molar-refractivity contribution in [3.05, 3.63) is 28.2 Å². The molecule has 0 bridgehead atoms. The van der Waals surface area contributed by atoms with E-state index in [0.717, 1.165) is 11.0 Å². The van der Waals surface area contributed by atoms with Gasteiger partial charge in [-0.1, -0.05) is 22.0 Å². The third kappa shape index (κ3) is 2.29. The van der Waals surface area contributed by atoms with Crippen LogP contribution < -0.4 is 4.90 Å². The zero-order valence-corrected chi connectivity index (χ0v) is 11.3. The fourth-order valence-corrected chi connectivity index (χ4v) is 2.52. The maximum Gasteiger partial charge on any atom is 0.136 e.